The van der Waals surface area contributed by atoms with Gasteiger partial charge in [-0.15, -0.1) is 0 Å². The van der Waals surface area contributed by atoms with Crippen LogP contribution in [-0.2, 0) is 0 Å². The molecule has 0 amide bonds. The third-order valence-electron chi connectivity index (χ3n) is 3.33. The first-order valence-corrected chi connectivity index (χ1v) is 4.91. The van der Waals surface area contributed by atoms with Gasteiger partial charge in [0.15, 0.2) is 6.00 Å². The predicted molar refractivity (Wildman–Crippen MR) is 47.5 cm³/mol. The molecule has 0 aromatic heterocycles. The average Bonchev–Trinajstić information content (AvgIpc) is 2.53. The topological polar surface area (TPSA) is 0 Å². The lowest BCUT2D eigenvalue weighted by molar-refractivity contribution is -0.914. The molecule has 0 bridgehead atoms. The Morgan fingerprint density at radius 1 is 1.50 bits per heavy atom. The van der Waals surface area contributed by atoms with Crippen molar-refractivity contribution in [1.29, 1.82) is 0 Å². The maximum Gasteiger partial charge on any atom is 0.155 e. The van der Waals surface area contributed by atoms with Crippen molar-refractivity contribution in [2.75, 3.05) is 19.1 Å². The van der Waals surface area contributed by atoms with Crippen LogP contribution in [0.5, 0.6) is 0 Å². The molecule has 0 saturated carbocycles. The molecule has 0 aromatic rings. The number of quaternary nitrogens is 1. The summed E-state index contributed by atoms with van der Waals surface area (Å²) in [7, 11) is 0. The van der Waals surface area contributed by atoms with E-state index in [0.717, 1.165) is 10.5 Å². The summed E-state index contributed by atoms with van der Waals surface area (Å²) in [6, 6.07) is 1.51. The smallest absolute Gasteiger partial charge is 0.155 e. The first-order chi connectivity index (χ1) is 5.28. The second-order valence-electron chi connectivity index (χ2n) is 3.85. The summed E-state index contributed by atoms with van der Waals surface area (Å²) in [5.41, 5.74) is 1.45. The van der Waals surface area contributed by atoms with E-state index in [-0.39, 0.29) is 12.4 Å². The molecule has 2 rings (SSSR count). The van der Waals surface area contributed by atoms with Crippen molar-refractivity contribution in [3.05, 3.63) is 12.2 Å². The normalized spacial score (nSPS) is 39.4. The minimum Gasteiger partial charge on any atom is -1.00 e. The van der Waals surface area contributed by atoms with Crippen molar-refractivity contribution < 1.29 is 16.9 Å². The Bertz CT molecular complexity index is 193. The number of nitrogens with zero attached hydrogens (tertiary/aromatic N) is 1. The van der Waals surface area contributed by atoms with Crippen LogP contribution in [0, 0.1) is 0 Å². The van der Waals surface area contributed by atoms with E-state index in [0.29, 0.717) is 6.04 Å². The molecule has 2 fully saturated rings. The van der Waals surface area contributed by atoms with Gasteiger partial charge < -0.3 is 16.9 Å². The van der Waals surface area contributed by atoms with Crippen LogP contribution in [0.2, 0.25) is 0 Å². The highest BCUT2D eigenvalue weighted by Crippen LogP contribution is 2.39. The van der Waals surface area contributed by atoms with Crippen molar-refractivity contribution in [3.63, 3.8) is 0 Å². The molecular weight excluding hydrogens is 193 g/mol. The molecule has 2 aliphatic heterocycles. The predicted octanol–water partition coefficient (Wildman–Crippen LogP) is -0.874. The van der Waals surface area contributed by atoms with E-state index < -0.39 is 0 Å². The van der Waals surface area contributed by atoms with Crippen molar-refractivity contribution in [1.82, 2.24) is 0 Å². The fourth-order valence-corrected chi connectivity index (χ4v) is 3.03. The zero-order chi connectivity index (χ0) is 7.90. The molecule has 0 aliphatic carbocycles. The van der Waals surface area contributed by atoms with Crippen LogP contribution < -0.4 is 12.4 Å². The molecule has 3 heteroatoms. The van der Waals surface area contributed by atoms with Crippen LogP contribution in [0.25, 0.3) is 0 Å². The summed E-state index contributed by atoms with van der Waals surface area (Å²) in [4.78, 5) is 0. The number of alkyl halides is 1. The highest BCUT2D eigenvalue weighted by Gasteiger charge is 2.46. The zero-order valence-corrected chi connectivity index (χ0v) is 8.74. The van der Waals surface area contributed by atoms with Crippen LogP contribution in [0.15, 0.2) is 12.2 Å². The highest BCUT2D eigenvalue weighted by atomic mass is 35.5. The first-order valence-electron chi connectivity index (χ1n) is 4.38. The fourth-order valence-electron chi connectivity index (χ4n) is 2.62. The van der Waals surface area contributed by atoms with E-state index in [2.05, 4.69) is 6.58 Å². The van der Waals surface area contributed by atoms with Gasteiger partial charge in [-0.2, -0.15) is 0 Å². The summed E-state index contributed by atoms with van der Waals surface area (Å²) >= 11 is 6.00. The fraction of sp³-hybridized carbons (Fsp3) is 0.778. The van der Waals surface area contributed by atoms with Gasteiger partial charge in [-0.3, -0.25) is 0 Å². The molecule has 0 spiro atoms. The molecular formula is C9H15Cl2N. The molecule has 1 nitrogen and oxygen atoms in total. The summed E-state index contributed by atoms with van der Waals surface area (Å²) in [6.07, 6.45) is 3.87. The van der Waals surface area contributed by atoms with Crippen molar-refractivity contribution in [2.24, 2.45) is 0 Å². The monoisotopic (exact) mass is 207 g/mol. The number of hydrogen-bond donors (Lipinski definition) is 0. The molecule has 12 heavy (non-hydrogen) atoms. The minimum absolute atomic E-state index is 0. The third kappa shape index (κ3) is 1.28. The maximum absolute atomic E-state index is 6.00. The number of rotatable bonds is 1. The van der Waals surface area contributed by atoms with Crippen LogP contribution in [0.3, 0.4) is 0 Å². The summed E-state index contributed by atoms with van der Waals surface area (Å²) in [5.74, 6) is 0. The highest BCUT2D eigenvalue weighted by molar-refractivity contribution is 6.17. The summed E-state index contributed by atoms with van der Waals surface area (Å²) in [5, 5.41) is 0. The van der Waals surface area contributed by atoms with Gasteiger partial charge in [0.1, 0.15) is 6.04 Å². The van der Waals surface area contributed by atoms with Gasteiger partial charge in [-0.1, -0.05) is 18.2 Å². The van der Waals surface area contributed by atoms with E-state index in [1.807, 2.05) is 0 Å². The van der Waals surface area contributed by atoms with Crippen molar-refractivity contribution in [2.45, 2.75) is 25.3 Å². The van der Waals surface area contributed by atoms with Gasteiger partial charge in [0.25, 0.3) is 0 Å². The third-order valence-corrected chi connectivity index (χ3v) is 3.81. The van der Waals surface area contributed by atoms with Gasteiger partial charge in [-0.25, -0.2) is 0 Å². The summed E-state index contributed by atoms with van der Waals surface area (Å²) < 4.78 is 1.14. The Morgan fingerprint density at radius 2 is 2.25 bits per heavy atom. The molecule has 2 unspecified atom stereocenters. The van der Waals surface area contributed by atoms with Crippen LogP contribution in [0.4, 0.5) is 0 Å². The zero-order valence-electron chi connectivity index (χ0n) is 7.23. The minimum atomic E-state index is 0. The van der Waals surface area contributed by atoms with Crippen molar-refractivity contribution >= 4 is 11.6 Å². The lowest BCUT2D eigenvalue weighted by atomic mass is 10.1. The Kier molecular flexibility index (Phi) is 3.08. The Morgan fingerprint density at radius 3 is 2.83 bits per heavy atom. The van der Waals surface area contributed by atoms with Crippen LogP contribution in [0.1, 0.15) is 19.3 Å². The molecule has 2 atom stereocenters. The number of fused-ring (bicyclic) bond motifs is 1. The first kappa shape index (κ1) is 10.4. The standard InChI is InChI=1S/C9H15ClN.ClH/c1-8-4-6-11(7-10)5-2-3-9(8)11;/h9H,1-7H2;1H/q+1;/p-1. The van der Waals surface area contributed by atoms with Gasteiger partial charge in [0.05, 0.1) is 13.1 Å². The van der Waals surface area contributed by atoms with Gasteiger partial charge in [-0.05, 0) is 5.57 Å². The largest absolute Gasteiger partial charge is 1.00 e. The van der Waals surface area contributed by atoms with Gasteiger partial charge in [0, 0.05) is 19.3 Å². The second kappa shape index (κ2) is 3.57. The quantitative estimate of drug-likeness (QED) is 0.227. The van der Waals surface area contributed by atoms with E-state index in [9.17, 15) is 0 Å². The summed E-state index contributed by atoms with van der Waals surface area (Å²) in [6.45, 7) is 6.64. The Hall–Kier alpha value is 0.280. The molecule has 2 saturated heterocycles. The van der Waals surface area contributed by atoms with Crippen LogP contribution >= 0.6 is 11.6 Å². The van der Waals surface area contributed by atoms with E-state index >= 15 is 0 Å². The van der Waals surface area contributed by atoms with Crippen LogP contribution in [-0.4, -0.2) is 29.6 Å². The molecule has 0 radical (unpaired) electrons. The lowest BCUT2D eigenvalue weighted by Crippen LogP contribution is -3.00. The second-order valence-corrected chi connectivity index (χ2v) is 4.09. The molecule has 2 heterocycles. The molecule has 2 aliphatic rings. The van der Waals surface area contributed by atoms with E-state index in [1.165, 1.54) is 37.9 Å². The maximum atomic E-state index is 6.00. The van der Waals surface area contributed by atoms with E-state index in [1.54, 1.807) is 0 Å². The number of hydrogen-bond acceptors (Lipinski definition) is 0. The van der Waals surface area contributed by atoms with E-state index in [4.69, 9.17) is 11.6 Å². The average molecular weight is 208 g/mol. The van der Waals surface area contributed by atoms with Gasteiger partial charge >= 0.3 is 0 Å². The lowest BCUT2D eigenvalue weighted by Gasteiger charge is -2.31. The molecule has 70 valence electrons. The van der Waals surface area contributed by atoms with Crippen molar-refractivity contribution in [3.8, 4) is 0 Å². The Balaban J connectivity index is 0.000000720. The number of halogens is 2. The molecule has 0 N–H and O–H groups in total. The SMILES string of the molecule is C=C1CC[N+]2(CCl)CCCC12.[Cl-]. The van der Waals surface area contributed by atoms with Gasteiger partial charge in [0.2, 0.25) is 0 Å². The molecule has 0 aromatic carbocycles. The Labute approximate surface area is 85.4 Å².